The maximum Gasteiger partial charge on any atom is 0.309 e. The zero-order chi connectivity index (χ0) is 13.5. The van der Waals surface area contributed by atoms with Crippen LogP contribution in [0, 0.1) is 5.92 Å². The first-order valence-electron chi connectivity index (χ1n) is 6.21. The van der Waals surface area contributed by atoms with Crippen LogP contribution in [0.4, 0.5) is 0 Å². The second-order valence-corrected chi connectivity index (χ2v) is 4.52. The SMILES string of the molecule is CCCn1ncnc1CN(C)CC(C)C(=O)OC. The van der Waals surface area contributed by atoms with Gasteiger partial charge in [-0.25, -0.2) is 9.67 Å². The molecule has 0 aliphatic rings. The third-order valence-electron chi connectivity index (χ3n) is 2.73. The highest BCUT2D eigenvalue weighted by Crippen LogP contribution is 2.05. The molecule has 102 valence electrons. The van der Waals surface area contributed by atoms with Crippen LogP contribution < -0.4 is 0 Å². The fourth-order valence-electron chi connectivity index (χ4n) is 1.86. The van der Waals surface area contributed by atoms with E-state index in [2.05, 4.69) is 21.9 Å². The quantitative estimate of drug-likeness (QED) is 0.677. The van der Waals surface area contributed by atoms with Gasteiger partial charge in [0.1, 0.15) is 12.2 Å². The number of methoxy groups -OCH3 is 1. The summed E-state index contributed by atoms with van der Waals surface area (Å²) in [6, 6.07) is 0. The minimum atomic E-state index is -0.183. The van der Waals surface area contributed by atoms with Gasteiger partial charge >= 0.3 is 5.97 Å². The Kier molecular flexibility index (Phi) is 5.77. The summed E-state index contributed by atoms with van der Waals surface area (Å²) in [5.41, 5.74) is 0. The molecule has 0 bridgehead atoms. The summed E-state index contributed by atoms with van der Waals surface area (Å²) in [5.74, 6) is 0.607. The van der Waals surface area contributed by atoms with Crippen LogP contribution in [0.25, 0.3) is 0 Å². The molecule has 1 rings (SSSR count). The molecule has 1 atom stereocenters. The average molecular weight is 254 g/mol. The van der Waals surface area contributed by atoms with Crippen molar-refractivity contribution in [2.24, 2.45) is 5.92 Å². The molecule has 6 nitrogen and oxygen atoms in total. The van der Waals surface area contributed by atoms with Gasteiger partial charge in [-0.3, -0.25) is 9.69 Å². The zero-order valence-corrected chi connectivity index (χ0v) is 11.6. The maximum atomic E-state index is 11.3. The lowest BCUT2D eigenvalue weighted by Gasteiger charge is -2.19. The Morgan fingerprint density at radius 2 is 2.33 bits per heavy atom. The van der Waals surface area contributed by atoms with Gasteiger partial charge in [-0.05, 0) is 13.5 Å². The smallest absolute Gasteiger partial charge is 0.309 e. The highest BCUT2D eigenvalue weighted by atomic mass is 16.5. The summed E-state index contributed by atoms with van der Waals surface area (Å²) in [6.45, 7) is 6.16. The minimum absolute atomic E-state index is 0.137. The minimum Gasteiger partial charge on any atom is -0.469 e. The monoisotopic (exact) mass is 254 g/mol. The van der Waals surface area contributed by atoms with E-state index in [1.807, 2.05) is 18.7 Å². The topological polar surface area (TPSA) is 60.2 Å². The van der Waals surface area contributed by atoms with Crippen molar-refractivity contribution < 1.29 is 9.53 Å². The molecule has 1 unspecified atom stereocenters. The first-order valence-corrected chi connectivity index (χ1v) is 6.21. The number of esters is 1. The van der Waals surface area contributed by atoms with Crippen LogP contribution in [-0.2, 0) is 22.6 Å². The number of aryl methyl sites for hydroxylation is 1. The molecule has 0 saturated heterocycles. The number of carbonyl (C=O) groups is 1. The van der Waals surface area contributed by atoms with Crippen molar-refractivity contribution >= 4 is 5.97 Å². The number of hydrogen-bond acceptors (Lipinski definition) is 5. The fraction of sp³-hybridized carbons (Fsp3) is 0.750. The summed E-state index contributed by atoms with van der Waals surface area (Å²) in [6.07, 6.45) is 2.60. The molecule has 0 N–H and O–H groups in total. The number of ether oxygens (including phenoxy) is 1. The second-order valence-electron chi connectivity index (χ2n) is 4.52. The molecule has 0 saturated carbocycles. The Hall–Kier alpha value is -1.43. The molecule has 0 radical (unpaired) electrons. The third kappa shape index (κ3) is 4.10. The van der Waals surface area contributed by atoms with E-state index >= 15 is 0 Å². The van der Waals surface area contributed by atoms with Crippen molar-refractivity contribution in [2.45, 2.75) is 33.4 Å². The van der Waals surface area contributed by atoms with Gasteiger partial charge in [-0.1, -0.05) is 13.8 Å². The van der Waals surface area contributed by atoms with Crippen molar-refractivity contribution in [1.82, 2.24) is 19.7 Å². The van der Waals surface area contributed by atoms with Crippen LogP contribution >= 0.6 is 0 Å². The highest BCUT2D eigenvalue weighted by molar-refractivity contribution is 5.71. The largest absolute Gasteiger partial charge is 0.469 e. The molecule has 1 heterocycles. The van der Waals surface area contributed by atoms with Crippen LogP contribution in [0.3, 0.4) is 0 Å². The van der Waals surface area contributed by atoms with Gasteiger partial charge < -0.3 is 4.74 Å². The van der Waals surface area contributed by atoms with Gasteiger partial charge in [0.2, 0.25) is 0 Å². The van der Waals surface area contributed by atoms with E-state index in [0.29, 0.717) is 13.1 Å². The van der Waals surface area contributed by atoms with Crippen LogP contribution in [0.15, 0.2) is 6.33 Å². The standard InChI is InChI=1S/C12H22N4O2/c1-5-6-16-11(13-9-14-16)8-15(3)7-10(2)12(17)18-4/h9-10H,5-8H2,1-4H3. The molecule has 0 fully saturated rings. The molecule has 1 aromatic heterocycles. The van der Waals surface area contributed by atoms with Crippen LogP contribution in [0.2, 0.25) is 0 Å². The number of nitrogens with zero attached hydrogens (tertiary/aromatic N) is 4. The molecule has 0 amide bonds. The summed E-state index contributed by atoms with van der Waals surface area (Å²) in [7, 11) is 3.38. The van der Waals surface area contributed by atoms with E-state index in [1.165, 1.54) is 7.11 Å². The van der Waals surface area contributed by atoms with Gasteiger partial charge in [0, 0.05) is 13.1 Å². The maximum absolute atomic E-state index is 11.3. The molecule has 1 aromatic rings. The van der Waals surface area contributed by atoms with Crippen molar-refractivity contribution in [3.8, 4) is 0 Å². The second kappa shape index (κ2) is 7.10. The predicted molar refractivity (Wildman–Crippen MR) is 67.8 cm³/mol. The lowest BCUT2D eigenvalue weighted by molar-refractivity contribution is -0.145. The van der Waals surface area contributed by atoms with Crippen molar-refractivity contribution in [2.75, 3.05) is 20.7 Å². The molecule has 0 aliphatic heterocycles. The van der Waals surface area contributed by atoms with Gasteiger partial charge in [-0.2, -0.15) is 5.10 Å². The molecule has 0 aliphatic carbocycles. The van der Waals surface area contributed by atoms with E-state index in [-0.39, 0.29) is 11.9 Å². The summed E-state index contributed by atoms with van der Waals surface area (Å²) in [5, 5.41) is 4.18. The van der Waals surface area contributed by atoms with E-state index in [0.717, 1.165) is 18.8 Å². The Balaban J connectivity index is 2.51. The van der Waals surface area contributed by atoms with Crippen molar-refractivity contribution in [1.29, 1.82) is 0 Å². The molecular formula is C12H22N4O2. The Morgan fingerprint density at radius 3 is 2.94 bits per heavy atom. The first kappa shape index (κ1) is 14.6. The lowest BCUT2D eigenvalue weighted by Crippen LogP contribution is -2.30. The Labute approximate surface area is 108 Å². The molecular weight excluding hydrogens is 232 g/mol. The normalized spacial score (nSPS) is 12.7. The van der Waals surface area contributed by atoms with E-state index in [1.54, 1.807) is 6.33 Å². The van der Waals surface area contributed by atoms with E-state index < -0.39 is 0 Å². The summed E-state index contributed by atoms with van der Waals surface area (Å²) in [4.78, 5) is 17.6. The zero-order valence-electron chi connectivity index (χ0n) is 11.6. The van der Waals surface area contributed by atoms with Crippen LogP contribution in [-0.4, -0.2) is 46.3 Å². The van der Waals surface area contributed by atoms with Crippen LogP contribution in [0.5, 0.6) is 0 Å². The van der Waals surface area contributed by atoms with E-state index in [4.69, 9.17) is 4.74 Å². The van der Waals surface area contributed by atoms with Gasteiger partial charge in [0.15, 0.2) is 0 Å². The lowest BCUT2D eigenvalue weighted by atomic mass is 10.2. The number of hydrogen-bond donors (Lipinski definition) is 0. The van der Waals surface area contributed by atoms with Gasteiger partial charge in [0.25, 0.3) is 0 Å². The molecule has 0 aromatic carbocycles. The van der Waals surface area contributed by atoms with Gasteiger partial charge in [0.05, 0.1) is 19.6 Å². The van der Waals surface area contributed by atoms with Gasteiger partial charge in [-0.15, -0.1) is 0 Å². The Bertz CT molecular complexity index is 378. The fourth-order valence-corrected chi connectivity index (χ4v) is 1.86. The van der Waals surface area contributed by atoms with E-state index in [9.17, 15) is 4.79 Å². The predicted octanol–water partition coefficient (Wildman–Crippen LogP) is 0.929. The van der Waals surface area contributed by atoms with Crippen molar-refractivity contribution in [3.63, 3.8) is 0 Å². The number of rotatable bonds is 7. The highest BCUT2D eigenvalue weighted by Gasteiger charge is 2.16. The van der Waals surface area contributed by atoms with Crippen LogP contribution in [0.1, 0.15) is 26.1 Å². The summed E-state index contributed by atoms with van der Waals surface area (Å²) >= 11 is 0. The molecule has 6 heteroatoms. The average Bonchev–Trinajstić information content (AvgIpc) is 2.75. The third-order valence-corrected chi connectivity index (χ3v) is 2.73. The number of carbonyl (C=O) groups excluding carboxylic acids is 1. The Morgan fingerprint density at radius 1 is 1.61 bits per heavy atom. The summed E-state index contributed by atoms with van der Waals surface area (Å²) < 4.78 is 6.61. The molecule has 0 spiro atoms. The molecule has 18 heavy (non-hydrogen) atoms. The first-order chi connectivity index (χ1) is 8.58. The number of aromatic nitrogens is 3. The van der Waals surface area contributed by atoms with Crippen molar-refractivity contribution in [3.05, 3.63) is 12.2 Å².